The van der Waals surface area contributed by atoms with Crippen LogP contribution in [-0.4, -0.2) is 17.6 Å². The first kappa shape index (κ1) is 14.0. The summed E-state index contributed by atoms with van der Waals surface area (Å²) in [6.07, 6.45) is 0.905. The van der Waals surface area contributed by atoms with E-state index in [1.165, 1.54) is 0 Å². The molecule has 1 aromatic heterocycles. The molecular formula is C17H18N2OS. The van der Waals surface area contributed by atoms with E-state index in [4.69, 9.17) is 15.5 Å². The summed E-state index contributed by atoms with van der Waals surface area (Å²) in [5.74, 6) is 0.815. The fraction of sp³-hybridized carbons (Fsp3) is 0.235. The van der Waals surface area contributed by atoms with Crippen molar-refractivity contribution < 1.29 is 4.74 Å². The normalized spacial score (nSPS) is 12.5. The van der Waals surface area contributed by atoms with Crippen LogP contribution in [0.25, 0.3) is 20.8 Å². The third-order valence-corrected chi connectivity index (χ3v) is 4.45. The monoisotopic (exact) mass is 298 g/mol. The fourth-order valence-corrected chi connectivity index (χ4v) is 3.05. The van der Waals surface area contributed by atoms with Gasteiger partial charge in [-0.05, 0) is 18.6 Å². The van der Waals surface area contributed by atoms with Crippen molar-refractivity contribution in [3.8, 4) is 16.3 Å². The molecule has 2 aromatic carbocycles. The number of rotatable bonds is 5. The molecule has 0 saturated carbocycles. The Morgan fingerprint density at radius 3 is 2.71 bits per heavy atom. The number of hydrogen-bond donors (Lipinski definition) is 1. The predicted octanol–water partition coefficient (Wildman–Crippen LogP) is 4.08. The number of ether oxygens (including phenoxy) is 1. The molecule has 3 aromatic rings. The number of nitrogens with zero attached hydrogens (tertiary/aromatic N) is 1. The Bertz CT molecular complexity index is 724. The molecule has 0 saturated heterocycles. The van der Waals surface area contributed by atoms with Crippen molar-refractivity contribution in [3.05, 3.63) is 48.5 Å². The van der Waals surface area contributed by atoms with Crippen LogP contribution in [0, 0.1) is 0 Å². The van der Waals surface area contributed by atoms with Gasteiger partial charge in [-0.2, -0.15) is 0 Å². The molecule has 0 fully saturated rings. The number of benzene rings is 2. The number of fused-ring (bicyclic) bond motifs is 1. The first-order chi connectivity index (χ1) is 10.3. The van der Waals surface area contributed by atoms with Crippen LogP contribution < -0.4 is 10.5 Å². The van der Waals surface area contributed by atoms with Gasteiger partial charge in [0.1, 0.15) is 22.9 Å². The molecule has 21 heavy (non-hydrogen) atoms. The van der Waals surface area contributed by atoms with Gasteiger partial charge in [-0.3, -0.25) is 0 Å². The number of nitrogens with two attached hydrogens (primary N) is 1. The molecule has 2 N–H and O–H groups in total. The van der Waals surface area contributed by atoms with Crippen LogP contribution in [0.4, 0.5) is 0 Å². The second kappa shape index (κ2) is 6.24. The number of hydrogen-bond acceptors (Lipinski definition) is 4. The van der Waals surface area contributed by atoms with Gasteiger partial charge >= 0.3 is 0 Å². The maximum Gasteiger partial charge on any atom is 0.146 e. The Labute approximate surface area is 128 Å². The van der Waals surface area contributed by atoms with E-state index in [1.54, 1.807) is 11.3 Å². The van der Waals surface area contributed by atoms with Gasteiger partial charge in [0, 0.05) is 11.6 Å². The highest BCUT2D eigenvalue weighted by molar-refractivity contribution is 7.21. The smallest absolute Gasteiger partial charge is 0.146 e. The van der Waals surface area contributed by atoms with Gasteiger partial charge in [-0.25, -0.2) is 4.98 Å². The Hall–Kier alpha value is -1.91. The first-order valence-corrected chi connectivity index (χ1v) is 7.93. The second-order valence-corrected chi connectivity index (χ2v) is 6.00. The predicted molar refractivity (Wildman–Crippen MR) is 88.8 cm³/mol. The van der Waals surface area contributed by atoms with Crippen molar-refractivity contribution in [1.29, 1.82) is 0 Å². The highest BCUT2D eigenvalue weighted by Gasteiger charge is 2.11. The average molecular weight is 298 g/mol. The molecule has 4 heteroatoms. The van der Waals surface area contributed by atoms with E-state index >= 15 is 0 Å². The standard InChI is InChI=1S/C17H18N2OS/c1-2-13(18)11-20-14-9-6-10-15-16(14)19-17(21-15)12-7-4-3-5-8-12/h3-10,13H,2,11,18H2,1H3. The highest BCUT2D eigenvalue weighted by Crippen LogP contribution is 2.34. The van der Waals surface area contributed by atoms with E-state index in [9.17, 15) is 0 Å². The molecule has 3 rings (SSSR count). The lowest BCUT2D eigenvalue weighted by atomic mass is 10.2. The van der Waals surface area contributed by atoms with Gasteiger partial charge in [0.15, 0.2) is 0 Å². The summed E-state index contributed by atoms with van der Waals surface area (Å²) in [6.45, 7) is 2.58. The van der Waals surface area contributed by atoms with Crippen LogP contribution >= 0.6 is 11.3 Å². The molecule has 1 heterocycles. The number of para-hydroxylation sites is 1. The van der Waals surface area contributed by atoms with Crippen LogP contribution in [0.3, 0.4) is 0 Å². The zero-order chi connectivity index (χ0) is 14.7. The highest BCUT2D eigenvalue weighted by atomic mass is 32.1. The third-order valence-electron chi connectivity index (χ3n) is 3.38. The van der Waals surface area contributed by atoms with E-state index in [0.717, 1.165) is 33.0 Å². The third kappa shape index (κ3) is 3.06. The minimum atomic E-state index is 0.0625. The van der Waals surface area contributed by atoms with E-state index in [0.29, 0.717) is 6.61 Å². The van der Waals surface area contributed by atoms with E-state index < -0.39 is 0 Å². The van der Waals surface area contributed by atoms with Gasteiger partial charge in [0.25, 0.3) is 0 Å². The van der Waals surface area contributed by atoms with Crippen molar-refractivity contribution in [3.63, 3.8) is 0 Å². The van der Waals surface area contributed by atoms with Crippen LogP contribution in [0.1, 0.15) is 13.3 Å². The van der Waals surface area contributed by atoms with Gasteiger partial charge in [0.2, 0.25) is 0 Å². The molecule has 0 bridgehead atoms. The van der Waals surface area contributed by atoms with Gasteiger partial charge in [0.05, 0.1) is 4.70 Å². The maximum absolute atomic E-state index is 5.92. The quantitative estimate of drug-likeness (QED) is 0.772. The fourth-order valence-electron chi connectivity index (χ4n) is 2.06. The largest absolute Gasteiger partial charge is 0.490 e. The summed E-state index contributed by atoms with van der Waals surface area (Å²) in [6, 6.07) is 16.3. The molecular weight excluding hydrogens is 280 g/mol. The second-order valence-electron chi connectivity index (χ2n) is 4.97. The van der Waals surface area contributed by atoms with Crippen molar-refractivity contribution in [2.24, 2.45) is 5.73 Å². The summed E-state index contributed by atoms with van der Waals surface area (Å²) in [5, 5.41) is 1.02. The first-order valence-electron chi connectivity index (χ1n) is 7.11. The van der Waals surface area contributed by atoms with Gasteiger partial charge < -0.3 is 10.5 Å². The zero-order valence-corrected chi connectivity index (χ0v) is 12.8. The number of aromatic nitrogens is 1. The van der Waals surface area contributed by atoms with E-state index in [-0.39, 0.29) is 6.04 Å². The molecule has 0 aliphatic carbocycles. The molecule has 3 nitrogen and oxygen atoms in total. The summed E-state index contributed by atoms with van der Waals surface area (Å²) in [5.41, 5.74) is 7.97. The van der Waals surface area contributed by atoms with Crippen molar-refractivity contribution in [2.45, 2.75) is 19.4 Å². The van der Waals surface area contributed by atoms with Crippen LogP contribution in [0.5, 0.6) is 5.75 Å². The molecule has 108 valence electrons. The topological polar surface area (TPSA) is 48.1 Å². The van der Waals surface area contributed by atoms with Crippen LogP contribution in [0.15, 0.2) is 48.5 Å². The minimum Gasteiger partial charge on any atom is -0.490 e. The molecule has 1 atom stereocenters. The Morgan fingerprint density at radius 1 is 1.14 bits per heavy atom. The molecule has 0 aliphatic heterocycles. The molecule has 0 radical (unpaired) electrons. The Kier molecular flexibility index (Phi) is 4.18. The lowest BCUT2D eigenvalue weighted by Gasteiger charge is -2.11. The zero-order valence-electron chi connectivity index (χ0n) is 12.0. The Morgan fingerprint density at radius 2 is 1.95 bits per heavy atom. The van der Waals surface area contributed by atoms with E-state index in [2.05, 4.69) is 25.1 Å². The Balaban J connectivity index is 1.94. The van der Waals surface area contributed by atoms with Gasteiger partial charge in [-0.1, -0.05) is 43.3 Å². The van der Waals surface area contributed by atoms with Gasteiger partial charge in [-0.15, -0.1) is 11.3 Å². The van der Waals surface area contributed by atoms with Crippen molar-refractivity contribution in [1.82, 2.24) is 4.98 Å². The summed E-state index contributed by atoms with van der Waals surface area (Å²) >= 11 is 1.68. The summed E-state index contributed by atoms with van der Waals surface area (Å²) in [4.78, 5) is 4.74. The SMILES string of the molecule is CCC(N)COc1cccc2sc(-c3ccccc3)nc12. The van der Waals surface area contributed by atoms with Crippen LogP contribution in [0.2, 0.25) is 0 Å². The average Bonchev–Trinajstić information content (AvgIpc) is 2.98. The summed E-state index contributed by atoms with van der Waals surface area (Å²) in [7, 11) is 0. The molecule has 0 aliphatic rings. The van der Waals surface area contributed by atoms with E-state index in [1.807, 2.05) is 30.3 Å². The van der Waals surface area contributed by atoms with Crippen LogP contribution in [-0.2, 0) is 0 Å². The summed E-state index contributed by atoms with van der Waals surface area (Å²) < 4.78 is 6.98. The molecule has 1 unspecified atom stereocenters. The lowest BCUT2D eigenvalue weighted by Crippen LogP contribution is -2.26. The lowest BCUT2D eigenvalue weighted by molar-refractivity contribution is 0.288. The van der Waals surface area contributed by atoms with Crippen molar-refractivity contribution >= 4 is 21.6 Å². The van der Waals surface area contributed by atoms with Crippen molar-refractivity contribution in [2.75, 3.05) is 6.61 Å². The minimum absolute atomic E-state index is 0.0625. The maximum atomic E-state index is 5.92. The molecule has 0 spiro atoms. The molecule has 0 amide bonds. The number of thiazole rings is 1.